The minimum atomic E-state index is -0.366. The summed E-state index contributed by atoms with van der Waals surface area (Å²) in [7, 11) is 0. The van der Waals surface area contributed by atoms with Gasteiger partial charge in [-0.1, -0.05) is 49.3 Å². The molecule has 1 N–H and O–H groups in total. The Morgan fingerprint density at radius 1 is 1.31 bits per heavy atom. The van der Waals surface area contributed by atoms with Crippen molar-refractivity contribution >= 4 is 34.0 Å². The second kappa shape index (κ2) is 8.40. The summed E-state index contributed by atoms with van der Waals surface area (Å²) in [4.78, 5) is 26.6. The molecule has 1 aromatic heterocycles. The monoisotopic (exact) mass is 372 g/mol. The Balaban J connectivity index is 1.59. The zero-order valence-corrected chi connectivity index (χ0v) is 16.0. The summed E-state index contributed by atoms with van der Waals surface area (Å²) in [6.07, 6.45) is 4.53. The fourth-order valence-electron chi connectivity index (χ4n) is 3.12. The van der Waals surface area contributed by atoms with Gasteiger partial charge in [0.15, 0.2) is 0 Å². The lowest BCUT2D eigenvalue weighted by molar-refractivity contribution is -0.122. The molecule has 0 aliphatic carbocycles. The van der Waals surface area contributed by atoms with Crippen LogP contribution in [0.25, 0.3) is 0 Å². The number of benzene rings is 1. The minimum Gasteiger partial charge on any atom is -0.311 e. The van der Waals surface area contributed by atoms with Crippen LogP contribution in [-0.4, -0.2) is 28.6 Å². The smallest absolute Gasteiger partial charge is 0.231 e. The number of anilines is 2. The first kappa shape index (κ1) is 18.5. The average Bonchev–Trinajstić information content (AvgIpc) is 3.22. The van der Waals surface area contributed by atoms with Gasteiger partial charge in [0, 0.05) is 25.1 Å². The van der Waals surface area contributed by atoms with Gasteiger partial charge in [0.1, 0.15) is 5.01 Å². The maximum absolute atomic E-state index is 12.5. The topological polar surface area (TPSA) is 75.2 Å². The molecule has 1 aliphatic rings. The maximum Gasteiger partial charge on any atom is 0.231 e. The van der Waals surface area contributed by atoms with Gasteiger partial charge in [0.25, 0.3) is 0 Å². The van der Waals surface area contributed by atoms with E-state index < -0.39 is 0 Å². The second-order valence-corrected chi connectivity index (χ2v) is 7.70. The molecule has 138 valence electrons. The Morgan fingerprint density at radius 2 is 2.12 bits per heavy atom. The van der Waals surface area contributed by atoms with Crippen LogP contribution in [0.3, 0.4) is 0 Å². The van der Waals surface area contributed by atoms with Gasteiger partial charge in [-0.05, 0) is 25.0 Å². The van der Waals surface area contributed by atoms with Crippen molar-refractivity contribution < 1.29 is 9.59 Å². The average molecular weight is 372 g/mol. The van der Waals surface area contributed by atoms with Gasteiger partial charge in [-0.3, -0.25) is 9.59 Å². The van der Waals surface area contributed by atoms with Crippen LogP contribution >= 0.6 is 11.3 Å². The van der Waals surface area contributed by atoms with Crippen molar-refractivity contribution in [2.75, 3.05) is 16.8 Å². The lowest BCUT2D eigenvalue weighted by Crippen LogP contribution is -2.28. The minimum absolute atomic E-state index is 0.0167. The number of rotatable bonds is 7. The quantitative estimate of drug-likeness (QED) is 0.754. The summed E-state index contributed by atoms with van der Waals surface area (Å²) in [6, 6.07) is 7.74. The number of aromatic nitrogens is 2. The van der Waals surface area contributed by atoms with Gasteiger partial charge in [0.2, 0.25) is 16.9 Å². The largest absolute Gasteiger partial charge is 0.311 e. The Hall–Kier alpha value is -2.28. The Labute approximate surface area is 157 Å². The van der Waals surface area contributed by atoms with Crippen LogP contribution in [0.5, 0.6) is 0 Å². The van der Waals surface area contributed by atoms with Crippen molar-refractivity contribution in [2.45, 2.75) is 46.0 Å². The van der Waals surface area contributed by atoms with Gasteiger partial charge in [-0.2, -0.15) is 0 Å². The molecule has 2 heterocycles. The van der Waals surface area contributed by atoms with Crippen LogP contribution in [0.1, 0.15) is 43.2 Å². The number of para-hydroxylation sites is 1. The van der Waals surface area contributed by atoms with E-state index in [0.29, 0.717) is 11.7 Å². The van der Waals surface area contributed by atoms with E-state index in [1.165, 1.54) is 17.8 Å². The number of hydrogen-bond donors (Lipinski definition) is 1. The van der Waals surface area contributed by atoms with E-state index in [9.17, 15) is 9.59 Å². The lowest BCUT2D eigenvalue weighted by atomic mass is 10.1. The van der Waals surface area contributed by atoms with Crippen LogP contribution in [0.2, 0.25) is 0 Å². The second-order valence-electron chi connectivity index (χ2n) is 6.64. The van der Waals surface area contributed by atoms with Gasteiger partial charge in [0.05, 0.1) is 5.92 Å². The highest BCUT2D eigenvalue weighted by atomic mass is 32.1. The molecule has 1 aromatic carbocycles. The van der Waals surface area contributed by atoms with Crippen LogP contribution in [-0.2, 0) is 16.0 Å². The Morgan fingerprint density at radius 3 is 2.88 bits per heavy atom. The first-order valence-electron chi connectivity index (χ1n) is 9.07. The van der Waals surface area contributed by atoms with Crippen molar-refractivity contribution in [3.05, 3.63) is 34.8 Å². The highest BCUT2D eigenvalue weighted by Gasteiger charge is 2.35. The van der Waals surface area contributed by atoms with E-state index in [2.05, 4.69) is 22.4 Å². The fourth-order valence-corrected chi connectivity index (χ4v) is 3.91. The van der Waals surface area contributed by atoms with Crippen molar-refractivity contribution in [3.8, 4) is 0 Å². The number of amides is 2. The van der Waals surface area contributed by atoms with Crippen molar-refractivity contribution in [2.24, 2.45) is 5.92 Å². The molecule has 0 radical (unpaired) electrons. The fraction of sp³-hybridized carbons (Fsp3) is 0.474. The Kier molecular flexibility index (Phi) is 5.98. The molecule has 0 unspecified atom stereocenters. The summed E-state index contributed by atoms with van der Waals surface area (Å²) in [5.74, 6) is -0.544. The van der Waals surface area contributed by atoms with Crippen LogP contribution in [0, 0.1) is 12.8 Å². The molecular weight excluding hydrogens is 348 g/mol. The number of carbonyl (C=O) groups excluding carboxylic acids is 2. The zero-order valence-electron chi connectivity index (χ0n) is 15.2. The summed E-state index contributed by atoms with van der Waals surface area (Å²) < 4.78 is 0. The SMILES string of the molecule is CCCCCc1nnc(NC(=O)[C@@H]2CC(=O)N(c3ccccc3C)C2)s1. The van der Waals surface area contributed by atoms with Crippen LogP contribution in [0.15, 0.2) is 24.3 Å². The molecule has 0 spiro atoms. The Bertz CT molecular complexity index is 789. The summed E-state index contributed by atoms with van der Waals surface area (Å²) in [6.45, 7) is 4.53. The third-order valence-corrected chi connectivity index (χ3v) is 5.49. The molecule has 0 bridgehead atoms. The van der Waals surface area contributed by atoms with E-state index >= 15 is 0 Å². The van der Waals surface area contributed by atoms with Gasteiger partial charge < -0.3 is 10.2 Å². The zero-order chi connectivity index (χ0) is 18.5. The highest BCUT2D eigenvalue weighted by Crippen LogP contribution is 2.28. The van der Waals surface area contributed by atoms with E-state index in [1.54, 1.807) is 4.90 Å². The third kappa shape index (κ3) is 4.27. The molecule has 1 fully saturated rings. The van der Waals surface area contributed by atoms with E-state index in [-0.39, 0.29) is 24.2 Å². The molecule has 1 saturated heterocycles. The van der Waals surface area contributed by atoms with Crippen LogP contribution < -0.4 is 10.2 Å². The van der Waals surface area contributed by atoms with E-state index in [4.69, 9.17) is 0 Å². The number of aryl methyl sites for hydroxylation is 2. The van der Waals surface area contributed by atoms with Crippen LogP contribution in [0.4, 0.5) is 10.8 Å². The number of hydrogen-bond acceptors (Lipinski definition) is 5. The third-order valence-electron chi connectivity index (χ3n) is 4.59. The summed E-state index contributed by atoms with van der Waals surface area (Å²) in [5, 5.41) is 12.5. The molecule has 7 heteroatoms. The molecule has 6 nitrogen and oxygen atoms in total. The first-order chi connectivity index (χ1) is 12.6. The molecule has 3 rings (SSSR count). The van der Waals surface area contributed by atoms with Crippen molar-refractivity contribution in [1.29, 1.82) is 0 Å². The normalized spacial score (nSPS) is 16.9. The number of nitrogens with zero attached hydrogens (tertiary/aromatic N) is 3. The molecule has 2 amide bonds. The summed E-state index contributed by atoms with van der Waals surface area (Å²) >= 11 is 1.42. The summed E-state index contributed by atoms with van der Waals surface area (Å²) in [5.41, 5.74) is 1.91. The first-order valence-corrected chi connectivity index (χ1v) is 9.89. The molecule has 2 aromatic rings. The molecule has 1 aliphatic heterocycles. The maximum atomic E-state index is 12.5. The van der Waals surface area contributed by atoms with E-state index in [0.717, 1.165) is 35.5 Å². The number of unbranched alkanes of at least 4 members (excludes halogenated alkanes) is 2. The molecular formula is C19H24N4O2S. The predicted molar refractivity (Wildman–Crippen MR) is 103 cm³/mol. The molecule has 0 saturated carbocycles. The van der Waals surface area contributed by atoms with Gasteiger partial charge in [-0.25, -0.2) is 0 Å². The number of nitrogens with one attached hydrogen (secondary N) is 1. The number of carbonyl (C=O) groups is 2. The van der Waals surface area contributed by atoms with Crippen molar-refractivity contribution in [1.82, 2.24) is 10.2 Å². The highest BCUT2D eigenvalue weighted by molar-refractivity contribution is 7.15. The van der Waals surface area contributed by atoms with E-state index in [1.807, 2.05) is 31.2 Å². The standard InChI is InChI=1S/C19H24N4O2S/c1-3-4-5-10-16-21-22-19(26-16)20-18(25)14-11-17(24)23(12-14)15-9-7-6-8-13(15)2/h6-9,14H,3-5,10-12H2,1-2H3,(H,20,22,25)/t14-/m1/s1. The van der Waals surface area contributed by atoms with Gasteiger partial charge >= 0.3 is 0 Å². The predicted octanol–water partition coefficient (Wildman–Crippen LogP) is 3.57. The molecule has 1 atom stereocenters. The van der Waals surface area contributed by atoms with Gasteiger partial charge in [-0.15, -0.1) is 10.2 Å². The lowest BCUT2D eigenvalue weighted by Gasteiger charge is -2.18. The van der Waals surface area contributed by atoms with Crippen molar-refractivity contribution in [3.63, 3.8) is 0 Å². The molecule has 26 heavy (non-hydrogen) atoms.